The number of fused-ring (bicyclic) bond motifs is 1. The van der Waals surface area contributed by atoms with E-state index in [0.29, 0.717) is 11.0 Å². The fourth-order valence-corrected chi connectivity index (χ4v) is 2.50. The zero-order valence-corrected chi connectivity index (χ0v) is 14.6. The van der Waals surface area contributed by atoms with Gasteiger partial charge in [0, 0.05) is 5.39 Å². The summed E-state index contributed by atoms with van der Waals surface area (Å²) in [6.07, 6.45) is 11.0. The van der Waals surface area contributed by atoms with Gasteiger partial charge in [-0.05, 0) is 25.1 Å². The van der Waals surface area contributed by atoms with Crippen LogP contribution < -0.4 is 11.5 Å². The zero-order chi connectivity index (χ0) is 17.8. The van der Waals surface area contributed by atoms with Crippen molar-refractivity contribution in [3.8, 4) is 0 Å². The number of carboxylic acids is 1. The second-order valence-corrected chi connectivity index (χ2v) is 5.91. The molecule has 0 aliphatic carbocycles. The topological polar surface area (TPSA) is 102 Å². The van der Waals surface area contributed by atoms with E-state index in [1.54, 1.807) is 24.3 Å². The summed E-state index contributed by atoms with van der Waals surface area (Å²) in [5.74, 6) is -1.34. The van der Waals surface area contributed by atoms with Crippen molar-refractivity contribution in [1.29, 1.82) is 0 Å². The molecule has 0 radical (unpaired) electrons. The average molecular weight is 334 g/mol. The van der Waals surface area contributed by atoms with Gasteiger partial charge < -0.3 is 21.0 Å². The predicted octanol–water partition coefficient (Wildman–Crippen LogP) is 4.80. The summed E-state index contributed by atoms with van der Waals surface area (Å²) in [5, 5.41) is 9.33. The van der Waals surface area contributed by atoms with Gasteiger partial charge in [0.2, 0.25) is 5.76 Å². The third kappa shape index (κ3) is 6.62. The van der Waals surface area contributed by atoms with Crippen molar-refractivity contribution in [3.05, 3.63) is 30.0 Å². The van der Waals surface area contributed by atoms with E-state index in [9.17, 15) is 4.79 Å². The van der Waals surface area contributed by atoms with Crippen LogP contribution in [0.4, 0.5) is 5.69 Å². The number of hydrogen-bond donors (Lipinski definition) is 3. The van der Waals surface area contributed by atoms with Gasteiger partial charge >= 0.3 is 5.97 Å². The minimum absolute atomic E-state index is 0.183. The van der Waals surface area contributed by atoms with Crippen molar-refractivity contribution in [2.24, 2.45) is 5.73 Å². The smallest absolute Gasteiger partial charge is 0.374 e. The Morgan fingerprint density at radius 3 is 2.17 bits per heavy atom. The van der Waals surface area contributed by atoms with Crippen LogP contribution >= 0.6 is 0 Å². The predicted molar refractivity (Wildman–Crippen MR) is 99.3 cm³/mol. The van der Waals surface area contributed by atoms with Gasteiger partial charge in [-0.2, -0.15) is 0 Å². The van der Waals surface area contributed by atoms with Crippen LogP contribution in [0.1, 0.15) is 68.8 Å². The Morgan fingerprint density at radius 2 is 1.62 bits per heavy atom. The molecule has 0 unspecified atom stereocenters. The molecule has 1 aromatic heterocycles. The summed E-state index contributed by atoms with van der Waals surface area (Å²) in [6.45, 7) is 3.13. The van der Waals surface area contributed by atoms with Crippen molar-refractivity contribution in [2.75, 3.05) is 12.3 Å². The van der Waals surface area contributed by atoms with Crippen molar-refractivity contribution in [3.63, 3.8) is 0 Å². The number of rotatable bonds is 9. The molecule has 5 N–H and O–H groups in total. The molecule has 0 spiro atoms. The van der Waals surface area contributed by atoms with E-state index in [4.69, 9.17) is 21.0 Å². The fourth-order valence-electron chi connectivity index (χ4n) is 2.50. The quantitative estimate of drug-likeness (QED) is 0.572. The average Bonchev–Trinajstić information content (AvgIpc) is 2.92. The standard InChI is InChI=1S/C10H23N.C9H7NO3/c1-2-3-4-5-6-7-8-9-10-11;10-7-5-3-1-2-4-6(5)13-8(7)9(11)12/h2-11H2,1H3;1-4H,10H2,(H,11,12). The van der Waals surface area contributed by atoms with Gasteiger partial charge in [-0.3, -0.25) is 0 Å². The first-order valence-electron chi connectivity index (χ1n) is 8.82. The Balaban J connectivity index is 0.000000245. The highest BCUT2D eigenvalue weighted by Crippen LogP contribution is 2.27. The van der Waals surface area contributed by atoms with Gasteiger partial charge in [-0.25, -0.2) is 4.79 Å². The van der Waals surface area contributed by atoms with Gasteiger partial charge in [-0.1, -0.05) is 64.0 Å². The second-order valence-electron chi connectivity index (χ2n) is 5.91. The Bertz CT molecular complexity index is 600. The maximum Gasteiger partial charge on any atom is 0.374 e. The summed E-state index contributed by atoms with van der Waals surface area (Å²) in [7, 11) is 0. The second kappa shape index (κ2) is 11.5. The van der Waals surface area contributed by atoms with Gasteiger partial charge in [0.25, 0.3) is 0 Å². The van der Waals surface area contributed by atoms with Crippen LogP contribution in [0.2, 0.25) is 0 Å². The summed E-state index contributed by atoms with van der Waals surface area (Å²) >= 11 is 0. The van der Waals surface area contributed by atoms with Crippen LogP contribution in [0, 0.1) is 0 Å². The molecule has 0 bridgehead atoms. The maximum atomic E-state index is 10.6. The molecule has 0 atom stereocenters. The van der Waals surface area contributed by atoms with E-state index in [0.717, 1.165) is 6.54 Å². The SMILES string of the molecule is CCCCCCCCCCN.Nc1c(C(=O)O)oc2ccccc12. The summed E-state index contributed by atoms with van der Waals surface area (Å²) < 4.78 is 5.04. The highest BCUT2D eigenvalue weighted by Gasteiger charge is 2.16. The molecule has 0 aliphatic heterocycles. The molecule has 2 aromatic rings. The third-order valence-corrected chi connectivity index (χ3v) is 3.89. The van der Waals surface area contributed by atoms with E-state index < -0.39 is 5.97 Å². The number of hydrogen-bond acceptors (Lipinski definition) is 4. The molecular weight excluding hydrogens is 304 g/mol. The molecule has 2 rings (SSSR count). The molecular formula is C19H30N2O3. The number of nitrogen functional groups attached to an aromatic ring is 1. The molecule has 0 amide bonds. The molecule has 0 saturated heterocycles. The van der Waals surface area contributed by atoms with Gasteiger partial charge in [0.1, 0.15) is 5.58 Å². The van der Waals surface area contributed by atoms with Crippen LogP contribution in [-0.4, -0.2) is 17.6 Å². The van der Waals surface area contributed by atoms with Crippen molar-refractivity contribution >= 4 is 22.6 Å². The largest absolute Gasteiger partial charge is 0.475 e. The number of benzene rings is 1. The van der Waals surface area contributed by atoms with E-state index in [1.807, 2.05) is 0 Å². The van der Waals surface area contributed by atoms with E-state index in [2.05, 4.69) is 6.92 Å². The first kappa shape index (κ1) is 20.0. The number of para-hydroxylation sites is 1. The number of unbranched alkanes of at least 4 members (excludes halogenated alkanes) is 7. The summed E-state index contributed by atoms with van der Waals surface area (Å²) in [5.41, 5.74) is 11.6. The van der Waals surface area contributed by atoms with E-state index >= 15 is 0 Å². The number of carboxylic acid groups (broad SMARTS) is 1. The van der Waals surface area contributed by atoms with Crippen LogP contribution in [0.3, 0.4) is 0 Å². The Morgan fingerprint density at radius 1 is 1.04 bits per heavy atom. The highest BCUT2D eigenvalue weighted by molar-refractivity contribution is 6.02. The van der Waals surface area contributed by atoms with Crippen LogP contribution in [-0.2, 0) is 0 Å². The first-order valence-corrected chi connectivity index (χ1v) is 8.82. The van der Waals surface area contributed by atoms with Crippen LogP contribution in [0.25, 0.3) is 11.0 Å². The summed E-state index contributed by atoms with van der Waals surface area (Å²) in [4.78, 5) is 10.6. The minimum Gasteiger partial charge on any atom is -0.475 e. The Hall–Kier alpha value is -2.01. The number of carbonyl (C=O) groups is 1. The van der Waals surface area contributed by atoms with Gasteiger partial charge in [0.05, 0.1) is 5.69 Å². The molecule has 0 fully saturated rings. The monoisotopic (exact) mass is 334 g/mol. The number of anilines is 1. The molecule has 24 heavy (non-hydrogen) atoms. The lowest BCUT2D eigenvalue weighted by molar-refractivity contribution is 0.0666. The number of nitrogens with two attached hydrogens (primary N) is 2. The lowest BCUT2D eigenvalue weighted by Crippen LogP contribution is -1.98. The molecule has 5 nitrogen and oxygen atoms in total. The van der Waals surface area contributed by atoms with Crippen LogP contribution in [0.5, 0.6) is 0 Å². The highest BCUT2D eigenvalue weighted by atomic mass is 16.4. The molecule has 0 aliphatic rings. The van der Waals surface area contributed by atoms with Crippen molar-refractivity contribution in [1.82, 2.24) is 0 Å². The molecule has 1 aromatic carbocycles. The number of aromatic carboxylic acids is 1. The summed E-state index contributed by atoms with van der Waals surface area (Å²) in [6, 6.07) is 6.94. The first-order chi connectivity index (χ1) is 11.6. The lowest BCUT2D eigenvalue weighted by atomic mass is 10.1. The fraction of sp³-hybridized carbons (Fsp3) is 0.526. The Labute approximate surface area is 144 Å². The Kier molecular flexibility index (Phi) is 9.61. The van der Waals surface area contributed by atoms with Crippen molar-refractivity contribution in [2.45, 2.75) is 58.3 Å². The normalized spacial score (nSPS) is 10.4. The molecule has 0 saturated carbocycles. The minimum atomic E-state index is -1.14. The van der Waals surface area contributed by atoms with E-state index in [-0.39, 0.29) is 11.4 Å². The third-order valence-electron chi connectivity index (χ3n) is 3.89. The number of furan rings is 1. The van der Waals surface area contributed by atoms with Gasteiger partial charge in [0.15, 0.2) is 0 Å². The lowest BCUT2D eigenvalue weighted by Gasteiger charge is -1.99. The van der Waals surface area contributed by atoms with Crippen molar-refractivity contribution < 1.29 is 14.3 Å². The van der Waals surface area contributed by atoms with E-state index in [1.165, 1.54) is 51.4 Å². The van der Waals surface area contributed by atoms with Gasteiger partial charge in [-0.15, -0.1) is 0 Å². The molecule has 5 heteroatoms. The molecule has 1 heterocycles. The zero-order valence-electron chi connectivity index (χ0n) is 14.6. The molecule has 134 valence electrons. The van der Waals surface area contributed by atoms with Crippen LogP contribution in [0.15, 0.2) is 28.7 Å². The maximum absolute atomic E-state index is 10.6.